The van der Waals surface area contributed by atoms with Gasteiger partial charge in [0.1, 0.15) is 0 Å². The van der Waals surface area contributed by atoms with Crippen molar-refractivity contribution in [2.24, 2.45) is 34.5 Å². The van der Waals surface area contributed by atoms with E-state index in [1.165, 1.54) is 0 Å². The summed E-state index contributed by atoms with van der Waals surface area (Å²) >= 11 is 0. The van der Waals surface area contributed by atoms with Crippen LogP contribution in [0.15, 0.2) is 11.6 Å². The summed E-state index contributed by atoms with van der Waals surface area (Å²) in [7, 11) is 0. The van der Waals surface area contributed by atoms with Gasteiger partial charge in [0.15, 0.2) is 5.78 Å². The van der Waals surface area contributed by atoms with Crippen molar-refractivity contribution in [1.82, 2.24) is 0 Å². The Morgan fingerprint density at radius 1 is 1.15 bits per heavy atom. The van der Waals surface area contributed by atoms with Crippen LogP contribution in [0.2, 0.25) is 0 Å². The topological polar surface area (TPSA) is 138 Å². The van der Waals surface area contributed by atoms with E-state index in [1.54, 1.807) is 13.0 Å². The van der Waals surface area contributed by atoms with Crippen LogP contribution in [-0.2, 0) is 4.79 Å². The molecule has 0 aromatic carbocycles. The molecule has 0 aromatic rings. The fourth-order valence-electron chi connectivity index (χ4n) is 8.32. The van der Waals surface area contributed by atoms with E-state index in [9.17, 15) is 35.4 Å². The highest BCUT2D eigenvalue weighted by atomic mass is 16.3. The van der Waals surface area contributed by atoms with Crippen LogP contribution in [-0.4, -0.2) is 72.5 Å². The number of hydrogen-bond donors (Lipinski definition) is 6. The maximum absolute atomic E-state index is 13.2. The molecule has 0 aliphatic heterocycles. The molecule has 0 radical (unpaired) electrons. The molecular formula is C27H44O7. The van der Waals surface area contributed by atoms with Crippen LogP contribution in [0.1, 0.15) is 79.1 Å². The Kier molecular flexibility index (Phi) is 6.66. The number of hydrogen-bond acceptors (Lipinski definition) is 7. The summed E-state index contributed by atoms with van der Waals surface area (Å²) in [5, 5.41) is 63.3. The lowest BCUT2D eigenvalue weighted by molar-refractivity contribution is -0.154. The molecule has 4 aliphatic carbocycles. The summed E-state index contributed by atoms with van der Waals surface area (Å²) in [5.41, 5.74) is -2.56. The predicted octanol–water partition coefficient (Wildman–Crippen LogP) is 1.71. The van der Waals surface area contributed by atoms with E-state index in [-0.39, 0.29) is 42.5 Å². The van der Waals surface area contributed by atoms with Gasteiger partial charge in [0.05, 0.1) is 36.1 Å². The van der Waals surface area contributed by atoms with Gasteiger partial charge < -0.3 is 30.6 Å². The SMILES string of the molecule is C[C@H](C(O)CCC(C)(O)CO)[C@H]1CC[C@@]2(O)C3=CC(=O)C4CC(O)C(O)C[C@]4(C)[C@H]3CC[C@]12C. The first-order valence-corrected chi connectivity index (χ1v) is 13.1. The van der Waals surface area contributed by atoms with Gasteiger partial charge >= 0.3 is 0 Å². The van der Waals surface area contributed by atoms with Crippen LogP contribution >= 0.6 is 0 Å². The molecule has 0 saturated heterocycles. The van der Waals surface area contributed by atoms with Gasteiger partial charge in [-0.2, -0.15) is 0 Å². The van der Waals surface area contributed by atoms with Crippen molar-refractivity contribution >= 4 is 5.78 Å². The van der Waals surface area contributed by atoms with Gasteiger partial charge in [0, 0.05) is 11.3 Å². The van der Waals surface area contributed by atoms with Crippen LogP contribution in [0.25, 0.3) is 0 Å². The highest BCUT2D eigenvalue weighted by Crippen LogP contribution is 2.68. The number of rotatable bonds is 6. The van der Waals surface area contributed by atoms with E-state index in [0.717, 1.165) is 24.8 Å². The first-order valence-electron chi connectivity index (χ1n) is 13.1. The highest BCUT2D eigenvalue weighted by Gasteiger charge is 2.67. The maximum Gasteiger partial charge on any atom is 0.159 e. The van der Waals surface area contributed by atoms with Crippen molar-refractivity contribution in [3.8, 4) is 0 Å². The van der Waals surface area contributed by atoms with Crippen molar-refractivity contribution in [3.05, 3.63) is 11.6 Å². The van der Waals surface area contributed by atoms with Crippen molar-refractivity contribution < 1.29 is 35.4 Å². The lowest BCUT2D eigenvalue weighted by Crippen LogP contribution is -2.61. The molecule has 0 amide bonds. The number of fused-ring (bicyclic) bond motifs is 5. The van der Waals surface area contributed by atoms with Crippen LogP contribution in [0.3, 0.4) is 0 Å². The van der Waals surface area contributed by atoms with Gasteiger partial charge in [0.2, 0.25) is 0 Å². The summed E-state index contributed by atoms with van der Waals surface area (Å²) in [5.74, 6) is -0.480. The van der Waals surface area contributed by atoms with E-state index in [0.29, 0.717) is 25.7 Å². The first-order chi connectivity index (χ1) is 15.7. The third-order valence-electron chi connectivity index (χ3n) is 10.8. The summed E-state index contributed by atoms with van der Waals surface area (Å²) in [6, 6.07) is 0. The van der Waals surface area contributed by atoms with Gasteiger partial charge in [-0.3, -0.25) is 4.79 Å². The Morgan fingerprint density at radius 2 is 1.82 bits per heavy atom. The molecule has 3 fully saturated rings. The third-order valence-corrected chi connectivity index (χ3v) is 10.8. The van der Waals surface area contributed by atoms with Crippen LogP contribution in [0, 0.1) is 34.5 Å². The fourth-order valence-corrected chi connectivity index (χ4v) is 8.32. The molecule has 5 unspecified atom stereocenters. The van der Waals surface area contributed by atoms with Crippen molar-refractivity contribution in [2.75, 3.05) is 6.61 Å². The molecular weight excluding hydrogens is 436 g/mol. The molecule has 194 valence electrons. The Morgan fingerprint density at radius 3 is 2.47 bits per heavy atom. The molecule has 0 heterocycles. The first kappa shape index (κ1) is 26.2. The Hall–Kier alpha value is -0.830. The lowest BCUT2D eigenvalue weighted by atomic mass is 9.46. The van der Waals surface area contributed by atoms with Gasteiger partial charge in [-0.1, -0.05) is 20.8 Å². The zero-order valence-electron chi connectivity index (χ0n) is 21.1. The van der Waals surface area contributed by atoms with E-state index < -0.39 is 40.3 Å². The number of carbonyl (C=O) groups is 1. The molecule has 11 atom stereocenters. The van der Waals surface area contributed by atoms with E-state index >= 15 is 0 Å². The molecule has 6 N–H and O–H groups in total. The van der Waals surface area contributed by atoms with Crippen molar-refractivity contribution in [2.45, 2.75) is 109 Å². The summed E-state index contributed by atoms with van der Waals surface area (Å²) < 4.78 is 0. The third kappa shape index (κ3) is 3.82. The highest BCUT2D eigenvalue weighted by molar-refractivity contribution is 5.95. The average Bonchev–Trinajstić information content (AvgIpc) is 3.05. The second-order valence-electron chi connectivity index (χ2n) is 12.8. The van der Waals surface area contributed by atoms with Crippen LogP contribution in [0.4, 0.5) is 0 Å². The van der Waals surface area contributed by atoms with E-state index in [4.69, 9.17) is 0 Å². The van der Waals surface area contributed by atoms with Gasteiger partial charge in [-0.15, -0.1) is 0 Å². The number of aliphatic hydroxyl groups is 6. The normalized spacial score (nSPS) is 47.6. The molecule has 34 heavy (non-hydrogen) atoms. The maximum atomic E-state index is 13.2. The number of aliphatic hydroxyl groups excluding tert-OH is 4. The standard InChI is InChI=1S/C27H44O7/c1-15(20(29)7-8-24(2,33)14-28)16-6-10-27(34)18-11-21(30)19-12-22(31)23(32)13-25(19,3)17(18)5-9-26(16,27)4/h11,15-17,19-20,22-23,28-29,31-34H,5-10,12-14H2,1-4H3/t15-,16+,17-,19?,20?,22?,23?,24?,25+,26+,27+/m0/s1. The number of carbonyl (C=O) groups excluding carboxylic acids is 1. The minimum atomic E-state index is -1.23. The van der Waals surface area contributed by atoms with Crippen molar-refractivity contribution in [1.29, 1.82) is 0 Å². The fraction of sp³-hybridized carbons (Fsp3) is 0.889. The summed E-state index contributed by atoms with van der Waals surface area (Å²) in [4.78, 5) is 13.2. The molecule has 0 aromatic heterocycles. The predicted molar refractivity (Wildman–Crippen MR) is 127 cm³/mol. The van der Waals surface area contributed by atoms with E-state index in [1.807, 2.05) is 13.8 Å². The second-order valence-corrected chi connectivity index (χ2v) is 12.8. The van der Waals surface area contributed by atoms with Gasteiger partial charge in [0.25, 0.3) is 0 Å². The zero-order chi connectivity index (χ0) is 25.3. The summed E-state index contributed by atoms with van der Waals surface area (Å²) in [6.07, 6.45) is 3.32. The number of allylic oxidation sites excluding steroid dienone is 1. The van der Waals surface area contributed by atoms with Crippen LogP contribution < -0.4 is 0 Å². The van der Waals surface area contributed by atoms with Crippen LogP contribution in [0.5, 0.6) is 0 Å². The quantitative estimate of drug-likeness (QED) is 0.340. The van der Waals surface area contributed by atoms with Crippen molar-refractivity contribution in [3.63, 3.8) is 0 Å². The Bertz CT molecular complexity index is 839. The molecule has 4 aliphatic rings. The molecule has 7 nitrogen and oxygen atoms in total. The lowest BCUT2D eigenvalue weighted by Gasteiger charge is -2.60. The smallest absolute Gasteiger partial charge is 0.159 e. The molecule has 4 rings (SSSR count). The molecule has 0 bridgehead atoms. The van der Waals surface area contributed by atoms with Gasteiger partial charge in [-0.25, -0.2) is 0 Å². The second kappa shape index (κ2) is 8.63. The Balaban J connectivity index is 1.60. The monoisotopic (exact) mass is 480 g/mol. The molecule has 3 saturated carbocycles. The van der Waals surface area contributed by atoms with E-state index in [2.05, 4.69) is 6.92 Å². The van der Waals surface area contributed by atoms with Gasteiger partial charge in [-0.05, 0) is 93.1 Å². The zero-order valence-corrected chi connectivity index (χ0v) is 21.1. The molecule has 7 heteroatoms. The largest absolute Gasteiger partial charge is 0.393 e. The molecule has 0 spiro atoms. The number of ketones is 1. The summed E-state index contributed by atoms with van der Waals surface area (Å²) in [6.45, 7) is 7.34. The average molecular weight is 481 g/mol. The minimum absolute atomic E-state index is 0.0194. The minimum Gasteiger partial charge on any atom is -0.393 e. The Labute approximate surface area is 202 Å².